The van der Waals surface area contributed by atoms with Crippen LogP contribution >= 0.6 is 0 Å². The van der Waals surface area contributed by atoms with Gasteiger partial charge in [-0.25, -0.2) is 0 Å². The maximum absolute atomic E-state index is 12.6. The summed E-state index contributed by atoms with van der Waals surface area (Å²) < 4.78 is 10.4. The molecule has 3 aromatic carbocycles. The third-order valence-corrected chi connectivity index (χ3v) is 4.11. The van der Waals surface area contributed by atoms with Crippen molar-refractivity contribution in [3.8, 4) is 11.5 Å². The van der Waals surface area contributed by atoms with E-state index in [1.165, 1.54) is 12.1 Å². The molecule has 0 saturated heterocycles. The normalized spacial score (nSPS) is 10.1. The lowest BCUT2D eigenvalue weighted by molar-refractivity contribution is 0.102. The first-order valence-corrected chi connectivity index (χ1v) is 8.48. The topological polar surface area (TPSA) is 80.2 Å². The molecular weight excluding hydrogens is 358 g/mol. The smallest absolute Gasteiger partial charge is 0.259 e. The maximum atomic E-state index is 12.6. The lowest BCUT2D eigenvalue weighted by Crippen LogP contribution is -2.13. The molecule has 0 radical (unpaired) electrons. The van der Waals surface area contributed by atoms with Gasteiger partial charge in [0.1, 0.15) is 11.5 Å². The second-order valence-corrected chi connectivity index (χ2v) is 5.80. The molecule has 0 heterocycles. The van der Waals surface area contributed by atoms with E-state index < -0.39 is 0 Å². The summed E-state index contributed by atoms with van der Waals surface area (Å²) in [6, 6.07) is 20.8. The number of para-hydroxylation sites is 1. The molecule has 0 aromatic heterocycles. The Morgan fingerprint density at radius 3 is 2.18 bits per heavy atom. The van der Waals surface area contributed by atoms with E-state index in [1.807, 2.05) is 18.2 Å². The molecule has 0 aliphatic carbocycles. The summed E-state index contributed by atoms with van der Waals surface area (Å²) in [5.41, 5.74) is 2.19. The minimum atomic E-state index is -0.319. The Kier molecular flexibility index (Phi) is 5.86. The van der Waals surface area contributed by atoms with Crippen molar-refractivity contribution in [3.63, 3.8) is 0 Å². The largest absolute Gasteiger partial charge is 0.497 e. The Balaban J connectivity index is 1.77. The first-order chi connectivity index (χ1) is 13.7. The fraction of sp³-hybridized carbons (Fsp3) is 0.0952. The van der Waals surface area contributed by atoms with Crippen LogP contribution in [0, 0.1) is 4.91 Å². The van der Waals surface area contributed by atoms with Gasteiger partial charge in [-0.15, -0.1) is 4.91 Å². The highest BCUT2D eigenvalue weighted by Gasteiger charge is 2.14. The molecule has 0 saturated carbocycles. The van der Waals surface area contributed by atoms with Gasteiger partial charge < -0.3 is 14.8 Å². The Labute approximate surface area is 162 Å². The number of amides is 1. The summed E-state index contributed by atoms with van der Waals surface area (Å²) in [6.07, 6.45) is 0. The average Bonchev–Trinajstić information content (AvgIpc) is 2.75. The van der Waals surface area contributed by atoms with E-state index in [-0.39, 0.29) is 5.91 Å². The molecule has 0 aliphatic rings. The molecule has 3 aromatic rings. The molecule has 3 rings (SSSR count). The van der Waals surface area contributed by atoms with Gasteiger partial charge in [0.25, 0.3) is 5.91 Å². The lowest BCUT2D eigenvalue weighted by atomic mass is 10.1. The molecule has 0 atom stereocenters. The van der Waals surface area contributed by atoms with Crippen LogP contribution in [-0.2, 0) is 0 Å². The number of ether oxygens (including phenoxy) is 2. The van der Waals surface area contributed by atoms with Gasteiger partial charge >= 0.3 is 0 Å². The summed E-state index contributed by atoms with van der Waals surface area (Å²) >= 11 is 0. The third-order valence-electron chi connectivity index (χ3n) is 4.11. The molecule has 0 aliphatic heterocycles. The number of benzene rings is 3. The number of methoxy groups -OCH3 is 2. The zero-order chi connectivity index (χ0) is 19.9. The first-order valence-electron chi connectivity index (χ1n) is 8.48. The second kappa shape index (κ2) is 8.68. The summed E-state index contributed by atoms with van der Waals surface area (Å²) in [5.74, 6) is 0.690. The SMILES string of the molecule is COc1ccc(C(=O)Nc2ccc(N(N=O)c3ccccc3)cc2)c(OC)c1. The highest BCUT2D eigenvalue weighted by atomic mass is 16.5. The van der Waals surface area contributed by atoms with Crippen molar-refractivity contribution in [1.29, 1.82) is 0 Å². The van der Waals surface area contributed by atoms with Crippen molar-refractivity contribution >= 4 is 23.0 Å². The van der Waals surface area contributed by atoms with E-state index in [0.717, 1.165) is 0 Å². The Bertz CT molecular complexity index is 959. The van der Waals surface area contributed by atoms with Crippen LogP contribution in [0.2, 0.25) is 0 Å². The number of anilines is 3. The van der Waals surface area contributed by atoms with Gasteiger partial charge in [-0.1, -0.05) is 18.2 Å². The Hall–Kier alpha value is -3.87. The van der Waals surface area contributed by atoms with E-state index in [0.29, 0.717) is 34.1 Å². The number of carbonyl (C=O) groups is 1. The molecule has 1 N–H and O–H groups in total. The average molecular weight is 377 g/mol. The van der Waals surface area contributed by atoms with Crippen LogP contribution in [0.15, 0.2) is 78.1 Å². The van der Waals surface area contributed by atoms with E-state index in [2.05, 4.69) is 10.6 Å². The van der Waals surface area contributed by atoms with Crippen LogP contribution in [0.4, 0.5) is 17.1 Å². The van der Waals surface area contributed by atoms with Gasteiger partial charge in [-0.3, -0.25) is 4.79 Å². The number of hydrogen-bond acceptors (Lipinski definition) is 5. The predicted molar refractivity (Wildman–Crippen MR) is 108 cm³/mol. The van der Waals surface area contributed by atoms with Crippen molar-refractivity contribution in [2.24, 2.45) is 5.29 Å². The number of rotatable bonds is 7. The lowest BCUT2D eigenvalue weighted by Gasteiger charge is -2.16. The minimum absolute atomic E-state index is 0.319. The highest BCUT2D eigenvalue weighted by molar-refractivity contribution is 6.06. The van der Waals surface area contributed by atoms with Gasteiger partial charge in [0.15, 0.2) is 0 Å². The number of nitrogens with zero attached hydrogens (tertiary/aromatic N) is 2. The fourth-order valence-electron chi connectivity index (χ4n) is 2.68. The molecule has 7 heteroatoms. The predicted octanol–water partition coefficient (Wildman–Crippen LogP) is 4.78. The van der Waals surface area contributed by atoms with E-state index in [4.69, 9.17) is 9.47 Å². The van der Waals surface area contributed by atoms with Crippen LogP contribution in [-0.4, -0.2) is 20.1 Å². The molecule has 0 spiro atoms. The van der Waals surface area contributed by atoms with Crippen molar-refractivity contribution in [2.45, 2.75) is 0 Å². The highest BCUT2D eigenvalue weighted by Crippen LogP contribution is 2.28. The van der Waals surface area contributed by atoms with Crippen molar-refractivity contribution in [2.75, 3.05) is 24.5 Å². The molecule has 0 unspecified atom stereocenters. The zero-order valence-corrected chi connectivity index (χ0v) is 15.5. The fourth-order valence-corrected chi connectivity index (χ4v) is 2.68. The van der Waals surface area contributed by atoms with Crippen LogP contribution in [0.5, 0.6) is 11.5 Å². The van der Waals surface area contributed by atoms with Gasteiger partial charge in [0, 0.05) is 11.8 Å². The van der Waals surface area contributed by atoms with Crippen LogP contribution in [0.3, 0.4) is 0 Å². The summed E-state index contributed by atoms with van der Waals surface area (Å²) in [4.78, 5) is 23.8. The Morgan fingerprint density at radius 2 is 1.57 bits per heavy atom. The van der Waals surface area contributed by atoms with Crippen molar-refractivity contribution in [3.05, 3.63) is 83.3 Å². The monoisotopic (exact) mass is 377 g/mol. The van der Waals surface area contributed by atoms with Crippen LogP contribution in [0.25, 0.3) is 0 Å². The molecular formula is C21H19N3O4. The van der Waals surface area contributed by atoms with E-state index in [1.54, 1.807) is 61.7 Å². The molecule has 28 heavy (non-hydrogen) atoms. The molecule has 142 valence electrons. The molecule has 1 amide bonds. The maximum Gasteiger partial charge on any atom is 0.259 e. The van der Waals surface area contributed by atoms with Crippen LogP contribution < -0.4 is 19.8 Å². The zero-order valence-electron chi connectivity index (χ0n) is 15.5. The van der Waals surface area contributed by atoms with Gasteiger partial charge in [-0.05, 0) is 48.5 Å². The summed E-state index contributed by atoms with van der Waals surface area (Å²) in [7, 11) is 3.04. The van der Waals surface area contributed by atoms with Crippen molar-refractivity contribution in [1.82, 2.24) is 0 Å². The number of nitroso groups, excluding NO2 is 1. The van der Waals surface area contributed by atoms with Gasteiger partial charge in [-0.2, -0.15) is 5.01 Å². The van der Waals surface area contributed by atoms with E-state index >= 15 is 0 Å². The van der Waals surface area contributed by atoms with Crippen LogP contribution in [0.1, 0.15) is 10.4 Å². The number of nitrogens with one attached hydrogen (secondary N) is 1. The van der Waals surface area contributed by atoms with Crippen molar-refractivity contribution < 1.29 is 14.3 Å². The molecule has 0 fully saturated rings. The van der Waals surface area contributed by atoms with Gasteiger partial charge in [0.2, 0.25) is 0 Å². The quantitative estimate of drug-likeness (QED) is 0.474. The standard InChI is InChI=1S/C21H19N3O4/c1-27-18-12-13-19(20(14-18)28-2)21(25)22-15-8-10-17(11-9-15)24(23-26)16-6-4-3-5-7-16/h3-14H,1-2H3,(H,22,25). The summed E-state index contributed by atoms with van der Waals surface area (Å²) in [6.45, 7) is 0. The van der Waals surface area contributed by atoms with Gasteiger partial charge in [0.05, 0.1) is 36.4 Å². The molecule has 7 nitrogen and oxygen atoms in total. The molecule has 0 bridgehead atoms. The minimum Gasteiger partial charge on any atom is -0.497 e. The number of hydrogen-bond donors (Lipinski definition) is 1. The summed E-state index contributed by atoms with van der Waals surface area (Å²) in [5, 5.41) is 7.16. The second-order valence-electron chi connectivity index (χ2n) is 5.80. The number of carbonyl (C=O) groups excluding carboxylic acids is 1. The first kappa shape index (κ1) is 18.9. The Morgan fingerprint density at radius 1 is 0.893 bits per heavy atom. The third kappa shape index (κ3) is 4.09. The van der Waals surface area contributed by atoms with E-state index in [9.17, 15) is 9.70 Å².